The highest BCUT2D eigenvalue weighted by atomic mass is 16.6. The van der Waals surface area contributed by atoms with E-state index in [1.54, 1.807) is 29.1 Å². The van der Waals surface area contributed by atoms with Crippen molar-refractivity contribution in [1.29, 1.82) is 0 Å². The molecule has 0 aliphatic carbocycles. The Bertz CT molecular complexity index is 1070. The van der Waals surface area contributed by atoms with Crippen LogP contribution in [0.15, 0.2) is 36.9 Å². The molecule has 3 aromatic rings. The summed E-state index contributed by atoms with van der Waals surface area (Å²) < 4.78 is 7.25. The van der Waals surface area contributed by atoms with E-state index in [1.807, 2.05) is 6.07 Å². The fourth-order valence-electron chi connectivity index (χ4n) is 3.34. The van der Waals surface area contributed by atoms with Gasteiger partial charge >= 0.3 is 0 Å². The zero-order chi connectivity index (χ0) is 19.9. The summed E-state index contributed by atoms with van der Waals surface area (Å²) in [6.07, 6.45) is 1.37. The van der Waals surface area contributed by atoms with E-state index >= 15 is 0 Å². The number of nitrogen functional groups attached to an aromatic ring is 1. The van der Waals surface area contributed by atoms with Gasteiger partial charge < -0.3 is 30.4 Å². The van der Waals surface area contributed by atoms with Crippen molar-refractivity contribution in [3.05, 3.63) is 48.2 Å². The number of rotatable bonds is 2. The van der Waals surface area contributed by atoms with Crippen LogP contribution in [0.25, 0.3) is 11.0 Å². The molecule has 0 amide bonds. The number of aliphatic hydroxyl groups excluding tert-OH is 2. The van der Waals surface area contributed by atoms with Gasteiger partial charge in [-0.15, -0.1) is 0 Å². The lowest BCUT2D eigenvalue weighted by atomic mass is 9.96. The second-order valence-electron chi connectivity index (χ2n) is 6.75. The molecule has 0 aromatic carbocycles. The summed E-state index contributed by atoms with van der Waals surface area (Å²) >= 11 is 0. The van der Waals surface area contributed by atoms with Crippen LogP contribution < -0.4 is 5.73 Å². The summed E-state index contributed by atoms with van der Waals surface area (Å²) in [4.78, 5) is 12.4. The molecule has 1 aliphatic rings. The predicted molar refractivity (Wildman–Crippen MR) is 99.8 cm³/mol. The van der Waals surface area contributed by atoms with Crippen molar-refractivity contribution in [2.24, 2.45) is 0 Å². The largest absolute Gasteiger partial charge is 0.394 e. The van der Waals surface area contributed by atoms with Gasteiger partial charge in [0.05, 0.1) is 17.6 Å². The van der Waals surface area contributed by atoms with Gasteiger partial charge in [-0.3, -0.25) is 0 Å². The van der Waals surface area contributed by atoms with Crippen molar-refractivity contribution in [1.82, 2.24) is 19.5 Å². The topological polar surface area (TPSA) is 140 Å². The zero-order valence-corrected chi connectivity index (χ0v) is 15.0. The molecule has 5 N–H and O–H groups in total. The zero-order valence-electron chi connectivity index (χ0n) is 15.0. The second kappa shape index (κ2) is 6.85. The Hall–Kier alpha value is -3.03. The molecule has 0 saturated carbocycles. The summed E-state index contributed by atoms with van der Waals surface area (Å²) in [5.41, 5.74) is 5.89. The van der Waals surface area contributed by atoms with Gasteiger partial charge in [-0.25, -0.2) is 15.0 Å². The van der Waals surface area contributed by atoms with E-state index in [0.717, 1.165) is 0 Å². The maximum Gasteiger partial charge on any atom is 0.167 e. The van der Waals surface area contributed by atoms with E-state index in [-0.39, 0.29) is 5.82 Å². The highest BCUT2D eigenvalue weighted by molar-refractivity contribution is 5.92. The number of anilines is 1. The minimum atomic E-state index is -1.66. The molecule has 1 aliphatic heterocycles. The lowest BCUT2D eigenvalue weighted by Crippen LogP contribution is -2.44. The average molecular weight is 381 g/mol. The first-order valence-electron chi connectivity index (χ1n) is 8.64. The Labute approximate surface area is 160 Å². The molecular formula is C19H19N5O4. The monoisotopic (exact) mass is 381 g/mol. The maximum atomic E-state index is 10.8. The lowest BCUT2D eigenvalue weighted by Gasteiger charge is -2.27. The van der Waals surface area contributed by atoms with Crippen molar-refractivity contribution >= 4 is 16.9 Å². The number of fused-ring (bicyclic) bond motifs is 1. The molecule has 2 unspecified atom stereocenters. The normalized spacial score (nSPS) is 26.9. The van der Waals surface area contributed by atoms with Crippen molar-refractivity contribution < 1.29 is 20.1 Å². The van der Waals surface area contributed by atoms with Gasteiger partial charge in [0.15, 0.2) is 6.23 Å². The van der Waals surface area contributed by atoms with Crippen LogP contribution in [0.5, 0.6) is 0 Å². The van der Waals surface area contributed by atoms with Gasteiger partial charge in [0.25, 0.3) is 0 Å². The maximum absolute atomic E-state index is 10.8. The van der Waals surface area contributed by atoms with E-state index in [2.05, 4.69) is 26.8 Å². The minimum Gasteiger partial charge on any atom is -0.394 e. The van der Waals surface area contributed by atoms with Crippen LogP contribution in [0, 0.1) is 11.8 Å². The molecule has 28 heavy (non-hydrogen) atoms. The second-order valence-corrected chi connectivity index (χ2v) is 6.75. The van der Waals surface area contributed by atoms with E-state index in [0.29, 0.717) is 22.3 Å². The summed E-state index contributed by atoms with van der Waals surface area (Å²) in [6, 6.07) is 5.40. The molecule has 4 atom stereocenters. The number of hydrogen-bond acceptors (Lipinski definition) is 8. The molecule has 9 heteroatoms. The fourth-order valence-corrected chi connectivity index (χ4v) is 3.34. The van der Waals surface area contributed by atoms with Crippen molar-refractivity contribution in [2.75, 3.05) is 12.3 Å². The van der Waals surface area contributed by atoms with Crippen LogP contribution in [0.3, 0.4) is 0 Å². The molecule has 9 nitrogen and oxygen atoms in total. The van der Waals surface area contributed by atoms with Gasteiger partial charge in [0.1, 0.15) is 41.3 Å². The Kier molecular flexibility index (Phi) is 4.49. The molecule has 4 heterocycles. The van der Waals surface area contributed by atoms with E-state index in [1.165, 1.54) is 13.3 Å². The number of aromatic nitrogens is 4. The molecule has 0 spiro atoms. The highest BCUT2D eigenvalue weighted by Gasteiger charge is 2.53. The standard InChI is InChI=1S/C19H19N5O4/c1-19(27)15(26)13(9-25)28-18(19)24-8-11(5-6-12-4-2-3-7-21-12)14-16(20)22-10-23-17(14)24/h2-4,7-8,10,13,15,18,25-27H,9H2,1H3,(H2,20,22,23)/t13?,15-,18?,19-/m1/s1. The number of pyridine rings is 1. The third kappa shape index (κ3) is 2.89. The summed E-state index contributed by atoms with van der Waals surface area (Å²) in [6.45, 7) is 1.00. The number of hydrogen-bond donors (Lipinski definition) is 4. The van der Waals surface area contributed by atoms with Crippen molar-refractivity contribution in [3.8, 4) is 11.8 Å². The Morgan fingerprint density at radius 3 is 2.79 bits per heavy atom. The highest BCUT2D eigenvalue weighted by Crippen LogP contribution is 2.40. The third-order valence-electron chi connectivity index (χ3n) is 4.82. The first-order valence-corrected chi connectivity index (χ1v) is 8.64. The SMILES string of the molecule is C[C@]1(O)C(n2cc(C#Cc3ccccn3)c3c(N)ncnc32)OC(CO)[C@H]1O. The predicted octanol–water partition coefficient (Wildman–Crippen LogP) is -0.190. The van der Waals surface area contributed by atoms with Crippen LogP contribution in [0.2, 0.25) is 0 Å². The van der Waals surface area contributed by atoms with Gasteiger partial charge in [0.2, 0.25) is 0 Å². The molecular weight excluding hydrogens is 362 g/mol. The fraction of sp³-hybridized carbons (Fsp3) is 0.316. The van der Waals surface area contributed by atoms with Gasteiger partial charge in [-0.2, -0.15) is 0 Å². The summed E-state index contributed by atoms with van der Waals surface area (Å²) in [5, 5.41) is 31.0. The van der Waals surface area contributed by atoms with Crippen LogP contribution in [0.4, 0.5) is 5.82 Å². The summed E-state index contributed by atoms with van der Waals surface area (Å²) in [7, 11) is 0. The van der Waals surface area contributed by atoms with Gasteiger partial charge in [0, 0.05) is 12.4 Å². The van der Waals surface area contributed by atoms with Gasteiger partial charge in [-0.05, 0) is 25.0 Å². The van der Waals surface area contributed by atoms with Crippen LogP contribution >= 0.6 is 0 Å². The number of nitrogens with two attached hydrogens (primary N) is 1. The number of nitrogens with zero attached hydrogens (tertiary/aromatic N) is 4. The first-order chi connectivity index (χ1) is 13.4. The Balaban J connectivity index is 1.85. The molecule has 4 rings (SSSR count). The number of ether oxygens (including phenoxy) is 1. The minimum absolute atomic E-state index is 0.228. The van der Waals surface area contributed by atoms with Crippen molar-refractivity contribution in [3.63, 3.8) is 0 Å². The third-order valence-corrected chi connectivity index (χ3v) is 4.82. The molecule has 0 radical (unpaired) electrons. The lowest BCUT2D eigenvalue weighted by molar-refractivity contribution is -0.0948. The van der Waals surface area contributed by atoms with E-state index in [9.17, 15) is 15.3 Å². The van der Waals surface area contributed by atoms with E-state index < -0.39 is 30.6 Å². The van der Waals surface area contributed by atoms with E-state index in [4.69, 9.17) is 10.5 Å². The molecule has 144 valence electrons. The molecule has 1 saturated heterocycles. The molecule has 3 aromatic heterocycles. The average Bonchev–Trinajstić information content (AvgIpc) is 3.17. The summed E-state index contributed by atoms with van der Waals surface area (Å²) in [5.74, 6) is 6.19. The first kappa shape index (κ1) is 18.3. The smallest absolute Gasteiger partial charge is 0.167 e. The van der Waals surface area contributed by atoms with Crippen molar-refractivity contribution in [2.45, 2.75) is 31.0 Å². The molecule has 1 fully saturated rings. The van der Waals surface area contributed by atoms with Crippen LogP contribution in [-0.4, -0.2) is 59.3 Å². The van der Waals surface area contributed by atoms with Gasteiger partial charge in [-0.1, -0.05) is 12.0 Å². The van der Waals surface area contributed by atoms with Crippen LogP contribution in [0.1, 0.15) is 24.4 Å². The quantitative estimate of drug-likeness (QED) is 0.448. The number of aliphatic hydroxyl groups is 3. The van der Waals surface area contributed by atoms with Crippen LogP contribution in [-0.2, 0) is 4.74 Å². The molecule has 0 bridgehead atoms. The Morgan fingerprint density at radius 1 is 1.29 bits per heavy atom. The Morgan fingerprint density at radius 2 is 2.11 bits per heavy atom.